The van der Waals surface area contributed by atoms with Crippen LogP contribution in [0.4, 0.5) is 0 Å². The van der Waals surface area contributed by atoms with Crippen LogP contribution in [0, 0.1) is 0 Å². The molecule has 114 valence electrons. The number of methoxy groups -OCH3 is 1. The Morgan fingerprint density at radius 1 is 1.20 bits per heavy atom. The Balaban J connectivity index is 2.67. The van der Waals surface area contributed by atoms with Crippen molar-refractivity contribution in [1.29, 1.82) is 0 Å². The largest absolute Gasteiger partial charge is 0.496 e. The summed E-state index contributed by atoms with van der Waals surface area (Å²) in [7, 11) is 3.93. The zero-order chi connectivity index (χ0) is 14.8. The number of benzene rings is 1. The third kappa shape index (κ3) is 5.93. The van der Waals surface area contributed by atoms with Crippen LogP contribution in [0.5, 0.6) is 5.75 Å². The summed E-state index contributed by atoms with van der Waals surface area (Å²) in [4.78, 5) is 2.37. The van der Waals surface area contributed by atoms with Gasteiger partial charge in [0.2, 0.25) is 0 Å². The van der Waals surface area contributed by atoms with Crippen LogP contribution in [0.1, 0.15) is 44.2 Å². The molecule has 3 heteroatoms. The first-order valence-electron chi connectivity index (χ1n) is 7.76. The molecule has 3 nitrogen and oxygen atoms in total. The number of ether oxygens (including phenoxy) is 1. The standard InChI is InChI=1S/C17H30N2O/c1-5-7-11-19(3)14-16-12-15(13-18-10-6-2)8-9-17(16)20-4/h8-9,12,18H,5-7,10-11,13-14H2,1-4H3. The van der Waals surface area contributed by atoms with E-state index in [0.717, 1.165) is 31.9 Å². The fourth-order valence-electron chi connectivity index (χ4n) is 2.27. The average molecular weight is 278 g/mol. The Labute approximate surface area is 124 Å². The first-order chi connectivity index (χ1) is 9.71. The van der Waals surface area contributed by atoms with Crippen molar-refractivity contribution < 1.29 is 4.74 Å². The number of unbranched alkanes of at least 4 members (excludes halogenated alkanes) is 1. The van der Waals surface area contributed by atoms with E-state index in [-0.39, 0.29) is 0 Å². The summed E-state index contributed by atoms with van der Waals surface area (Å²) in [5.41, 5.74) is 2.61. The van der Waals surface area contributed by atoms with Crippen molar-refractivity contribution in [3.63, 3.8) is 0 Å². The molecule has 1 aromatic rings. The molecule has 0 bridgehead atoms. The predicted octanol–water partition coefficient (Wildman–Crippen LogP) is 3.43. The summed E-state index contributed by atoms with van der Waals surface area (Å²) < 4.78 is 5.48. The highest BCUT2D eigenvalue weighted by Crippen LogP contribution is 2.21. The van der Waals surface area contributed by atoms with Gasteiger partial charge in [0.25, 0.3) is 0 Å². The number of rotatable bonds is 10. The van der Waals surface area contributed by atoms with Gasteiger partial charge in [-0.2, -0.15) is 0 Å². The lowest BCUT2D eigenvalue weighted by Gasteiger charge is -2.19. The summed E-state index contributed by atoms with van der Waals surface area (Å²) in [6, 6.07) is 6.51. The fourth-order valence-corrected chi connectivity index (χ4v) is 2.27. The van der Waals surface area contributed by atoms with Crippen LogP contribution in [0.3, 0.4) is 0 Å². The van der Waals surface area contributed by atoms with Gasteiger partial charge in [-0.05, 0) is 50.7 Å². The second-order valence-electron chi connectivity index (χ2n) is 5.41. The molecule has 1 aromatic carbocycles. The lowest BCUT2D eigenvalue weighted by Crippen LogP contribution is -2.20. The molecule has 0 aliphatic rings. The maximum Gasteiger partial charge on any atom is 0.123 e. The van der Waals surface area contributed by atoms with E-state index in [1.54, 1.807) is 7.11 Å². The van der Waals surface area contributed by atoms with Gasteiger partial charge in [0.05, 0.1) is 7.11 Å². The van der Waals surface area contributed by atoms with Gasteiger partial charge >= 0.3 is 0 Å². The average Bonchev–Trinajstić information content (AvgIpc) is 2.46. The molecule has 0 fully saturated rings. The Kier molecular flexibility index (Phi) is 8.31. The molecule has 0 radical (unpaired) electrons. The van der Waals surface area contributed by atoms with Gasteiger partial charge in [0, 0.05) is 18.7 Å². The van der Waals surface area contributed by atoms with Gasteiger partial charge in [-0.1, -0.05) is 26.3 Å². The van der Waals surface area contributed by atoms with E-state index in [1.807, 2.05) is 0 Å². The van der Waals surface area contributed by atoms with E-state index in [2.05, 4.69) is 49.3 Å². The molecule has 0 amide bonds. The van der Waals surface area contributed by atoms with Gasteiger partial charge in [0.1, 0.15) is 5.75 Å². The van der Waals surface area contributed by atoms with Crippen molar-refractivity contribution >= 4 is 0 Å². The third-order valence-corrected chi connectivity index (χ3v) is 3.43. The molecule has 1 N–H and O–H groups in total. The minimum Gasteiger partial charge on any atom is -0.496 e. The molecule has 0 saturated heterocycles. The monoisotopic (exact) mass is 278 g/mol. The molecule has 0 heterocycles. The first kappa shape index (κ1) is 17.0. The molecule has 0 spiro atoms. The highest BCUT2D eigenvalue weighted by molar-refractivity contribution is 5.37. The molecule has 0 aliphatic heterocycles. The Bertz CT molecular complexity index is 379. The maximum absolute atomic E-state index is 5.48. The maximum atomic E-state index is 5.48. The van der Waals surface area contributed by atoms with Crippen LogP contribution in [-0.4, -0.2) is 32.1 Å². The number of hydrogen-bond acceptors (Lipinski definition) is 3. The zero-order valence-electron chi connectivity index (χ0n) is 13.5. The second kappa shape index (κ2) is 9.78. The predicted molar refractivity (Wildman–Crippen MR) is 86.2 cm³/mol. The lowest BCUT2D eigenvalue weighted by atomic mass is 10.1. The Morgan fingerprint density at radius 3 is 2.65 bits per heavy atom. The van der Waals surface area contributed by atoms with E-state index in [9.17, 15) is 0 Å². The second-order valence-corrected chi connectivity index (χ2v) is 5.41. The lowest BCUT2D eigenvalue weighted by molar-refractivity contribution is 0.312. The van der Waals surface area contributed by atoms with Crippen LogP contribution < -0.4 is 10.1 Å². The number of nitrogens with one attached hydrogen (secondary N) is 1. The van der Waals surface area contributed by atoms with E-state index in [0.29, 0.717) is 0 Å². The van der Waals surface area contributed by atoms with Crippen LogP contribution in [0.15, 0.2) is 18.2 Å². The van der Waals surface area contributed by atoms with Gasteiger partial charge in [-0.15, -0.1) is 0 Å². The van der Waals surface area contributed by atoms with Crippen molar-refractivity contribution in [3.05, 3.63) is 29.3 Å². The number of nitrogens with zero attached hydrogens (tertiary/aromatic N) is 1. The van der Waals surface area contributed by atoms with Crippen LogP contribution in [0.2, 0.25) is 0 Å². The van der Waals surface area contributed by atoms with Crippen molar-refractivity contribution in [2.45, 2.75) is 46.2 Å². The molecule has 0 saturated carbocycles. The summed E-state index contributed by atoms with van der Waals surface area (Å²) >= 11 is 0. The smallest absolute Gasteiger partial charge is 0.123 e. The van der Waals surface area contributed by atoms with E-state index in [1.165, 1.54) is 30.4 Å². The van der Waals surface area contributed by atoms with Gasteiger partial charge in [-0.3, -0.25) is 0 Å². The topological polar surface area (TPSA) is 24.5 Å². The van der Waals surface area contributed by atoms with Crippen molar-refractivity contribution in [2.24, 2.45) is 0 Å². The van der Waals surface area contributed by atoms with Gasteiger partial charge in [0.15, 0.2) is 0 Å². The van der Waals surface area contributed by atoms with E-state index >= 15 is 0 Å². The summed E-state index contributed by atoms with van der Waals surface area (Å²) in [5.74, 6) is 0.993. The highest BCUT2D eigenvalue weighted by atomic mass is 16.5. The molecule has 0 aromatic heterocycles. The molecular formula is C17H30N2O. The normalized spacial score (nSPS) is 11.1. The summed E-state index contributed by atoms with van der Waals surface area (Å²) in [6.07, 6.45) is 3.65. The quantitative estimate of drug-likeness (QED) is 0.664. The van der Waals surface area contributed by atoms with Crippen molar-refractivity contribution in [2.75, 3.05) is 27.2 Å². The highest BCUT2D eigenvalue weighted by Gasteiger charge is 2.07. The van der Waals surface area contributed by atoms with E-state index < -0.39 is 0 Å². The Morgan fingerprint density at radius 2 is 2.00 bits per heavy atom. The molecule has 0 atom stereocenters. The van der Waals surface area contributed by atoms with Crippen LogP contribution in [0.25, 0.3) is 0 Å². The molecule has 0 unspecified atom stereocenters. The minimum absolute atomic E-state index is 0.934. The van der Waals surface area contributed by atoms with Crippen LogP contribution in [-0.2, 0) is 13.1 Å². The zero-order valence-corrected chi connectivity index (χ0v) is 13.5. The fraction of sp³-hybridized carbons (Fsp3) is 0.647. The summed E-state index contributed by atoms with van der Waals surface area (Å²) in [5, 5.41) is 3.45. The molecule has 0 aliphatic carbocycles. The van der Waals surface area contributed by atoms with Crippen molar-refractivity contribution in [1.82, 2.24) is 10.2 Å². The molecular weight excluding hydrogens is 248 g/mol. The summed E-state index contributed by atoms with van der Waals surface area (Å²) in [6.45, 7) is 8.51. The number of hydrogen-bond donors (Lipinski definition) is 1. The first-order valence-corrected chi connectivity index (χ1v) is 7.76. The van der Waals surface area contributed by atoms with Gasteiger partial charge < -0.3 is 15.0 Å². The molecule has 1 rings (SSSR count). The molecule has 20 heavy (non-hydrogen) atoms. The Hall–Kier alpha value is -1.06. The minimum atomic E-state index is 0.934. The third-order valence-electron chi connectivity index (χ3n) is 3.43. The SMILES string of the molecule is CCCCN(C)Cc1cc(CNCCC)ccc1OC. The van der Waals surface area contributed by atoms with Crippen molar-refractivity contribution in [3.8, 4) is 5.75 Å². The van der Waals surface area contributed by atoms with Crippen LogP contribution >= 0.6 is 0 Å². The van der Waals surface area contributed by atoms with Gasteiger partial charge in [-0.25, -0.2) is 0 Å². The van der Waals surface area contributed by atoms with E-state index in [4.69, 9.17) is 4.74 Å².